The lowest BCUT2D eigenvalue weighted by molar-refractivity contribution is 0.304. The first-order chi connectivity index (χ1) is 9.51. The van der Waals surface area contributed by atoms with E-state index < -0.39 is 0 Å². The van der Waals surface area contributed by atoms with Crippen molar-refractivity contribution >= 4 is 15.9 Å². The SMILES string of the molecule is Cc1cc(OCc2cc(F)ccc2CN)cc(C)c1Br. The van der Waals surface area contributed by atoms with Crippen molar-refractivity contribution in [3.05, 3.63) is 62.9 Å². The highest BCUT2D eigenvalue weighted by Gasteiger charge is 2.06. The molecule has 2 N–H and O–H groups in total. The van der Waals surface area contributed by atoms with Crippen molar-refractivity contribution in [2.75, 3.05) is 0 Å². The van der Waals surface area contributed by atoms with Gasteiger partial charge in [-0.15, -0.1) is 0 Å². The summed E-state index contributed by atoms with van der Waals surface area (Å²) in [6.07, 6.45) is 0. The van der Waals surface area contributed by atoms with Crippen molar-refractivity contribution in [2.24, 2.45) is 5.73 Å². The van der Waals surface area contributed by atoms with Crippen LogP contribution < -0.4 is 10.5 Å². The second-order valence-electron chi connectivity index (χ2n) is 4.78. The van der Waals surface area contributed by atoms with Gasteiger partial charge in [-0.05, 0) is 60.4 Å². The summed E-state index contributed by atoms with van der Waals surface area (Å²) in [5, 5.41) is 0. The minimum atomic E-state index is -0.274. The zero-order valence-electron chi connectivity index (χ0n) is 11.5. The maximum Gasteiger partial charge on any atom is 0.123 e. The van der Waals surface area contributed by atoms with Crippen LogP contribution in [0.3, 0.4) is 0 Å². The predicted octanol–water partition coefficient (Wildman–Crippen LogP) is 4.24. The largest absolute Gasteiger partial charge is 0.489 e. The molecule has 2 aromatic rings. The fraction of sp³-hybridized carbons (Fsp3) is 0.250. The quantitative estimate of drug-likeness (QED) is 0.905. The highest BCUT2D eigenvalue weighted by atomic mass is 79.9. The second kappa shape index (κ2) is 6.37. The van der Waals surface area contributed by atoms with Crippen molar-refractivity contribution in [1.82, 2.24) is 0 Å². The van der Waals surface area contributed by atoms with Crippen LogP contribution in [-0.2, 0) is 13.2 Å². The molecule has 0 spiro atoms. The number of ether oxygens (including phenoxy) is 1. The minimum Gasteiger partial charge on any atom is -0.489 e. The van der Waals surface area contributed by atoms with Crippen LogP contribution in [-0.4, -0.2) is 0 Å². The average Bonchev–Trinajstić information content (AvgIpc) is 2.42. The van der Waals surface area contributed by atoms with E-state index in [1.54, 1.807) is 6.07 Å². The summed E-state index contributed by atoms with van der Waals surface area (Å²) in [4.78, 5) is 0. The van der Waals surface area contributed by atoms with Crippen LogP contribution in [0.5, 0.6) is 5.75 Å². The average molecular weight is 338 g/mol. The molecule has 2 aromatic carbocycles. The Morgan fingerprint density at radius 3 is 2.35 bits per heavy atom. The summed E-state index contributed by atoms with van der Waals surface area (Å²) in [6, 6.07) is 8.50. The number of nitrogens with two attached hydrogens (primary N) is 1. The molecule has 0 atom stereocenters. The van der Waals surface area contributed by atoms with Crippen LogP contribution in [0.4, 0.5) is 4.39 Å². The molecule has 0 radical (unpaired) electrons. The van der Waals surface area contributed by atoms with Crippen molar-refractivity contribution in [3.63, 3.8) is 0 Å². The van der Waals surface area contributed by atoms with Crippen LogP contribution in [0.1, 0.15) is 22.3 Å². The molecule has 4 heteroatoms. The Morgan fingerprint density at radius 2 is 1.75 bits per heavy atom. The van der Waals surface area contributed by atoms with E-state index in [0.29, 0.717) is 13.2 Å². The van der Waals surface area contributed by atoms with E-state index in [1.807, 2.05) is 26.0 Å². The zero-order chi connectivity index (χ0) is 14.7. The second-order valence-corrected chi connectivity index (χ2v) is 5.57. The van der Waals surface area contributed by atoms with Crippen LogP contribution in [0, 0.1) is 19.7 Å². The van der Waals surface area contributed by atoms with Gasteiger partial charge in [0.25, 0.3) is 0 Å². The molecule has 106 valence electrons. The molecule has 0 aliphatic carbocycles. The Hall–Kier alpha value is -1.39. The molecule has 0 aliphatic heterocycles. The lowest BCUT2D eigenvalue weighted by atomic mass is 10.1. The first-order valence-electron chi connectivity index (χ1n) is 6.38. The summed E-state index contributed by atoms with van der Waals surface area (Å²) in [7, 11) is 0. The predicted molar refractivity (Wildman–Crippen MR) is 82.2 cm³/mol. The lowest BCUT2D eigenvalue weighted by Crippen LogP contribution is -2.05. The molecule has 20 heavy (non-hydrogen) atoms. The molecule has 0 aliphatic rings. The standard InChI is InChI=1S/C16H17BrFNO/c1-10-5-15(6-11(2)16(10)17)20-9-13-7-14(18)4-3-12(13)8-19/h3-7H,8-9,19H2,1-2H3. The minimum absolute atomic E-state index is 0.274. The molecule has 0 unspecified atom stereocenters. The van der Waals surface area contributed by atoms with Crippen molar-refractivity contribution in [3.8, 4) is 5.75 Å². The highest BCUT2D eigenvalue weighted by molar-refractivity contribution is 9.10. The topological polar surface area (TPSA) is 35.2 Å². The van der Waals surface area contributed by atoms with E-state index >= 15 is 0 Å². The van der Waals surface area contributed by atoms with Crippen LogP contribution >= 0.6 is 15.9 Å². The van der Waals surface area contributed by atoms with Gasteiger partial charge in [0, 0.05) is 11.0 Å². The molecule has 0 aromatic heterocycles. The summed E-state index contributed by atoms with van der Waals surface area (Å²) in [6.45, 7) is 4.71. The summed E-state index contributed by atoms with van der Waals surface area (Å²) in [5.74, 6) is 0.499. The Labute approximate surface area is 126 Å². The molecule has 2 nitrogen and oxygen atoms in total. The third-order valence-electron chi connectivity index (χ3n) is 3.19. The third kappa shape index (κ3) is 3.38. The van der Waals surface area contributed by atoms with Gasteiger partial charge in [0.2, 0.25) is 0 Å². The van der Waals surface area contributed by atoms with E-state index in [2.05, 4.69) is 15.9 Å². The fourth-order valence-corrected chi connectivity index (χ4v) is 2.31. The molecule has 0 fully saturated rings. The normalized spacial score (nSPS) is 10.7. The number of halogens is 2. The molecular formula is C16H17BrFNO. The Bertz CT molecular complexity index is 605. The van der Waals surface area contributed by atoms with E-state index in [0.717, 1.165) is 32.5 Å². The fourth-order valence-electron chi connectivity index (χ4n) is 2.08. The first kappa shape index (κ1) is 15.0. The molecule has 0 bridgehead atoms. The number of hydrogen-bond donors (Lipinski definition) is 1. The molecule has 0 heterocycles. The van der Waals surface area contributed by atoms with E-state index in [-0.39, 0.29) is 5.82 Å². The van der Waals surface area contributed by atoms with Crippen molar-refractivity contribution < 1.29 is 9.13 Å². The van der Waals surface area contributed by atoms with E-state index in [4.69, 9.17) is 10.5 Å². The number of hydrogen-bond acceptors (Lipinski definition) is 2. The van der Waals surface area contributed by atoms with Gasteiger partial charge in [-0.25, -0.2) is 4.39 Å². The summed E-state index contributed by atoms with van der Waals surface area (Å²) in [5.41, 5.74) is 9.56. The Balaban J connectivity index is 2.18. The molecule has 0 saturated carbocycles. The van der Waals surface area contributed by atoms with Gasteiger partial charge in [-0.2, -0.15) is 0 Å². The monoisotopic (exact) mass is 337 g/mol. The molecule has 2 rings (SSSR count). The van der Waals surface area contributed by atoms with Crippen LogP contribution in [0.15, 0.2) is 34.8 Å². The van der Waals surface area contributed by atoms with Gasteiger partial charge < -0.3 is 10.5 Å². The van der Waals surface area contributed by atoms with Gasteiger partial charge in [-0.1, -0.05) is 22.0 Å². The molecular weight excluding hydrogens is 321 g/mol. The lowest BCUT2D eigenvalue weighted by Gasteiger charge is -2.12. The molecule has 0 saturated heterocycles. The maximum absolute atomic E-state index is 13.3. The first-order valence-corrected chi connectivity index (χ1v) is 7.17. The maximum atomic E-state index is 13.3. The smallest absolute Gasteiger partial charge is 0.123 e. The highest BCUT2D eigenvalue weighted by Crippen LogP contribution is 2.27. The number of benzene rings is 2. The van der Waals surface area contributed by atoms with Crippen molar-refractivity contribution in [1.29, 1.82) is 0 Å². The van der Waals surface area contributed by atoms with Gasteiger partial charge in [0.1, 0.15) is 18.2 Å². The summed E-state index contributed by atoms with van der Waals surface area (Å²) < 4.78 is 20.1. The van der Waals surface area contributed by atoms with Gasteiger partial charge in [0.05, 0.1) is 0 Å². The van der Waals surface area contributed by atoms with Gasteiger partial charge >= 0.3 is 0 Å². The summed E-state index contributed by atoms with van der Waals surface area (Å²) >= 11 is 3.52. The van der Waals surface area contributed by atoms with Crippen molar-refractivity contribution in [2.45, 2.75) is 27.0 Å². The zero-order valence-corrected chi connectivity index (χ0v) is 13.1. The van der Waals surface area contributed by atoms with Gasteiger partial charge in [0.15, 0.2) is 0 Å². The van der Waals surface area contributed by atoms with E-state index in [9.17, 15) is 4.39 Å². The van der Waals surface area contributed by atoms with Crippen LogP contribution in [0.25, 0.3) is 0 Å². The number of aryl methyl sites for hydroxylation is 2. The van der Waals surface area contributed by atoms with Gasteiger partial charge in [-0.3, -0.25) is 0 Å². The number of rotatable bonds is 4. The Kier molecular flexibility index (Phi) is 4.78. The third-order valence-corrected chi connectivity index (χ3v) is 4.44. The Morgan fingerprint density at radius 1 is 1.10 bits per heavy atom. The van der Waals surface area contributed by atoms with E-state index in [1.165, 1.54) is 12.1 Å². The molecule has 0 amide bonds. The van der Waals surface area contributed by atoms with Crippen LogP contribution in [0.2, 0.25) is 0 Å².